The lowest BCUT2D eigenvalue weighted by Crippen LogP contribution is -2.42. The number of hydrogen-bond acceptors (Lipinski definition) is 8. The molecular formula is C18H24N4O8. The standard InChI is InChI=1S/C18H24N4O8/c23-13-3-1-11(21-13)17(27)19-7-9-29-15(25)5-6-16(26)30-10-8-20-18(28)12-2-4-14(24)22-12/h5-6,11-12H,1-4,7-10H2,(H,19,27)(H,20,28)(H,21,23)(H,22,24)/b6-5+. The highest BCUT2D eigenvalue weighted by Gasteiger charge is 2.27. The van der Waals surface area contributed by atoms with E-state index in [2.05, 4.69) is 21.3 Å². The molecule has 2 aliphatic heterocycles. The summed E-state index contributed by atoms with van der Waals surface area (Å²) < 4.78 is 9.64. The van der Waals surface area contributed by atoms with Gasteiger partial charge in [-0.1, -0.05) is 0 Å². The van der Waals surface area contributed by atoms with E-state index in [1.165, 1.54) is 0 Å². The first-order chi connectivity index (χ1) is 14.3. The summed E-state index contributed by atoms with van der Waals surface area (Å²) in [6, 6.07) is -1.13. The van der Waals surface area contributed by atoms with Crippen molar-refractivity contribution in [3.8, 4) is 0 Å². The molecule has 0 spiro atoms. The van der Waals surface area contributed by atoms with Crippen molar-refractivity contribution in [2.45, 2.75) is 37.8 Å². The summed E-state index contributed by atoms with van der Waals surface area (Å²) in [5.74, 6) is -2.63. The SMILES string of the molecule is O=C1CCC(C(=O)NCCOC(=O)/C=C/C(=O)OCCNC(=O)C2CCC(=O)N2)N1. The van der Waals surface area contributed by atoms with Gasteiger partial charge in [0, 0.05) is 25.0 Å². The maximum absolute atomic E-state index is 11.7. The fourth-order valence-electron chi connectivity index (χ4n) is 2.75. The van der Waals surface area contributed by atoms with Gasteiger partial charge in [-0.25, -0.2) is 9.59 Å². The summed E-state index contributed by atoms with van der Waals surface area (Å²) in [6.07, 6.45) is 3.23. The molecular weight excluding hydrogens is 400 g/mol. The monoisotopic (exact) mass is 424 g/mol. The second-order valence-electron chi connectivity index (χ2n) is 6.57. The van der Waals surface area contributed by atoms with E-state index in [0.29, 0.717) is 25.7 Å². The molecule has 0 aromatic heterocycles. The van der Waals surface area contributed by atoms with Crippen molar-refractivity contribution in [3.05, 3.63) is 12.2 Å². The van der Waals surface area contributed by atoms with Crippen LogP contribution in [-0.2, 0) is 38.2 Å². The molecule has 2 unspecified atom stereocenters. The summed E-state index contributed by atoms with van der Waals surface area (Å²) in [4.78, 5) is 68.5. The zero-order valence-corrected chi connectivity index (χ0v) is 16.2. The van der Waals surface area contributed by atoms with Gasteiger partial charge in [-0.15, -0.1) is 0 Å². The largest absolute Gasteiger partial charge is 0.461 e. The molecule has 30 heavy (non-hydrogen) atoms. The van der Waals surface area contributed by atoms with Gasteiger partial charge in [-0.2, -0.15) is 0 Å². The van der Waals surface area contributed by atoms with Crippen molar-refractivity contribution >= 4 is 35.6 Å². The Kier molecular flexibility index (Phi) is 8.78. The number of hydrogen-bond donors (Lipinski definition) is 4. The van der Waals surface area contributed by atoms with E-state index in [1.54, 1.807) is 0 Å². The predicted molar refractivity (Wildman–Crippen MR) is 99.4 cm³/mol. The Labute approximate surface area is 172 Å². The van der Waals surface area contributed by atoms with E-state index in [0.717, 1.165) is 12.2 Å². The van der Waals surface area contributed by atoms with Gasteiger partial charge >= 0.3 is 11.9 Å². The van der Waals surface area contributed by atoms with Gasteiger partial charge in [-0.05, 0) is 12.8 Å². The molecule has 0 aromatic rings. The lowest BCUT2D eigenvalue weighted by atomic mass is 10.2. The van der Waals surface area contributed by atoms with Crippen molar-refractivity contribution in [1.82, 2.24) is 21.3 Å². The first-order valence-electron chi connectivity index (χ1n) is 9.51. The molecule has 2 rings (SSSR count). The molecule has 4 N–H and O–H groups in total. The average molecular weight is 424 g/mol. The molecule has 12 heteroatoms. The van der Waals surface area contributed by atoms with Gasteiger partial charge in [0.2, 0.25) is 23.6 Å². The smallest absolute Gasteiger partial charge is 0.331 e. The van der Waals surface area contributed by atoms with E-state index in [4.69, 9.17) is 9.47 Å². The molecule has 164 valence electrons. The van der Waals surface area contributed by atoms with Gasteiger partial charge in [0.25, 0.3) is 0 Å². The van der Waals surface area contributed by atoms with Crippen molar-refractivity contribution in [3.63, 3.8) is 0 Å². The Bertz CT molecular complexity index is 676. The summed E-state index contributed by atoms with van der Waals surface area (Å²) in [7, 11) is 0. The summed E-state index contributed by atoms with van der Waals surface area (Å²) >= 11 is 0. The van der Waals surface area contributed by atoms with E-state index in [-0.39, 0.29) is 49.9 Å². The molecule has 2 saturated heterocycles. The molecule has 0 bridgehead atoms. The molecule has 0 aliphatic carbocycles. The normalized spacial score (nSPS) is 20.4. The lowest BCUT2D eigenvalue weighted by Gasteiger charge is -2.10. The van der Waals surface area contributed by atoms with Crippen LogP contribution in [0.3, 0.4) is 0 Å². The minimum atomic E-state index is -0.791. The van der Waals surface area contributed by atoms with Crippen LogP contribution in [0.25, 0.3) is 0 Å². The van der Waals surface area contributed by atoms with Crippen LogP contribution in [-0.4, -0.2) is 74.0 Å². The number of esters is 2. The van der Waals surface area contributed by atoms with Crippen LogP contribution in [0.15, 0.2) is 12.2 Å². The second-order valence-corrected chi connectivity index (χ2v) is 6.57. The van der Waals surface area contributed by atoms with Crippen LogP contribution in [0, 0.1) is 0 Å². The van der Waals surface area contributed by atoms with Crippen LogP contribution >= 0.6 is 0 Å². The Morgan fingerprint density at radius 3 is 1.53 bits per heavy atom. The quantitative estimate of drug-likeness (QED) is 0.168. The van der Waals surface area contributed by atoms with Gasteiger partial charge in [0.1, 0.15) is 25.3 Å². The first kappa shape index (κ1) is 22.8. The van der Waals surface area contributed by atoms with Crippen LogP contribution in [0.2, 0.25) is 0 Å². The maximum Gasteiger partial charge on any atom is 0.331 e. The highest BCUT2D eigenvalue weighted by molar-refractivity contribution is 5.92. The second kappa shape index (κ2) is 11.5. The molecule has 4 amide bonds. The number of carbonyl (C=O) groups is 6. The fourth-order valence-corrected chi connectivity index (χ4v) is 2.75. The number of carbonyl (C=O) groups excluding carboxylic acids is 6. The van der Waals surface area contributed by atoms with Crippen LogP contribution in [0.5, 0.6) is 0 Å². The molecule has 0 saturated carbocycles. The summed E-state index contributed by atoms with van der Waals surface area (Å²) in [6.45, 7) is -0.0739. The van der Waals surface area contributed by atoms with Crippen molar-refractivity contribution in [2.24, 2.45) is 0 Å². The highest BCUT2D eigenvalue weighted by Crippen LogP contribution is 2.06. The molecule has 2 heterocycles. The average Bonchev–Trinajstić information content (AvgIpc) is 3.35. The number of amides is 4. The predicted octanol–water partition coefficient (Wildman–Crippen LogP) is -2.58. The molecule has 0 aromatic carbocycles. The topological polar surface area (TPSA) is 169 Å². The minimum Gasteiger partial charge on any atom is -0.461 e. The van der Waals surface area contributed by atoms with E-state index < -0.39 is 24.0 Å². The van der Waals surface area contributed by atoms with Crippen molar-refractivity contribution in [2.75, 3.05) is 26.3 Å². The Balaban J connectivity index is 1.50. The highest BCUT2D eigenvalue weighted by atomic mass is 16.5. The van der Waals surface area contributed by atoms with Gasteiger partial charge in [0.05, 0.1) is 13.1 Å². The first-order valence-corrected chi connectivity index (χ1v) is 9.51. The zero-order valence-electron chi connectivity index (χ0n) is 16.2. The summed E-state index contributed by atoms with van der Waals surface area (Å²) in [5, 5.41) is 10.1. The molecule has 2 aliphatic rings. The number of rotatable bonds is 10. The summed E-state index contributed by atoms with van der Waals surface area (Å²) in [5.41, 5.74) is 0. The fraction of sp³-hybridized carbons (Fsp3) is 0.556. The van der Waals surface area contributed by atoms with Crippen LogP contribution < -0.4 is 21.3 Å². The van der Waals surface area contributed by atoms with Gasteiger partial charge in [-0.3, -0.25) is 19.2 Å². The van der Waals surface area contributed by atoms with E-state index in [1.807, 2.05) is 0 Å². The Morgan fingerprint density at radius 1 is 0.800 bits per heavy atom. The third-order valence-electron chi connectivity index (χ3n) is 4.27. The maximum atomic E-state index is 11.7. The molecule has 2 atom stereocenters. The molecule has 2 fully saturated rings. The third kappa shape index (κ3) is 7.89. The molecule has 12 nitrogen and oxygen atoms in total. The van der Waals surface area contributed by atoms with E-state index >= 15 is 0 Å². The third-order valence-corrected chi connectivity index (χ3v) is 4.27. The van der Waals surface area contributed by atoms with Crippen molar-refractivity contribution < 1.29 is 38.2 Å². The van der Waals surface area contributed by atoms with Crippen LogP contribution in [0.4, 0.5) is 0 Å². The Morgan fingerprint density at radius 2 is 1.20 bits per heavy atom. The lowest BCUT2D eigenvalue weighted by molar-refractivity contribution is -0.140. The van der Waals surface area contributed by atoms with Gasteiger partial charge < -0.3 is 30.7 Å². The van der Waals surface area contributed by atoms with Crippen molar-refractivity contribution in [1.29, 1.82) is 0 Å². The van der Waals surface area contributed by atoms with Gasteiger partial charge in [0.15, 0.2) is 0 Å². The molecule has 0 radical (unpaired) electrons. The van der Waals surface area contributed by atoms with Crippen LogP contribution in [0.1, 0.15) is 25.7 Å². The minimum absolute atomic E-state index is 0.0658. The number of nitrogens with one attached hydrogen (secondary N) is 4. The number of ether oxygens (including phenoxy) is 2. The Hall–Kier alpha value is -3.44. The zero-order chi connectivity index (χ0) is 21.9. The van der Waals surface area contributed by atoms with E-state index in [9.17, 15) is 28.8 Å².